The van der Waals surface area contributed by atoms with Gasteiger partial charge in [0.2, 0.25) is 0 Å². The van der Waals surface area contributed by atoms with E-state index < -0.39 is 11.6 Å². The summed E-state index contributed by atoms with van der Waals surface area (Å²) in [5.41, 5.74) is 0.436. The van der Waals surface area contributed by atoms with E-state index >= 15 is 0 Å². The summed E-state index contributed by atoms with van der Waals surface area (Å²) in [7, 11) is 1.82. The van der Waals surface area contributed by atoms with Crippen molar-refractivity contribution >= 4 is 0 Å². The molecule has 0 fully saturated rings. The van der Waals surface area contributed by atoms with Gasteiger partial charge in [-0.1, -0.05) is 19.1 Å². The number of benzene rings is 1. The fraction of sp³-hybridized carbons (Fsp3) is 0.455. The van der Waals surface area contributed by atoms with Crippen LogP contribution in [0.2, 0.25) is 0 Å². The molecule has 0 saturated carbocycles. The lowest BCUT2D eigenvalue weighted by Crippen LogP contribution is -2.27. The van der Waals surface area contributed by atoms with Crippen molar-refractivity contribution < 1.29 is 8.78 Å². The Morgan fingerprint density at radius 3 is 2.64 bits per heavy atom. The molecule has 1 atom stereocenters. The highest BCUT2D eigenvalue weighted by Crippen LogP contribution is 2.13. The molecule has 1 rings (SSSR count). The minimum Gasteiger partial charge on any atom is -0.317 e. The smallest absolute Gasteiger partial charge is 0.162 e. The molecule has 1 nitrogen and oxygen atoms in total. The summed E-state index contributed by atoms with van der Waals surface area (Å²) in [6.07, 6.45) is 1.42. The lowest BCUT2D eigenvalue weighted by atomic mass is 10.0. The van der Waals surface area contributed by atoms with E-state index in [1.54, 1.807) is 6.07 Å². The minimum atomic E-state index is -0.770. The molecule has 0 aliphatic carbocycles. The summed E-state index contributed by atoms with van der Waals surface area (Å²) >= 11 is 0. The van der Waals surface area contributed by atoms with Crippen molar-refractivity contribution in [2.45, 2.75) is 25.8 Å². The Morgan fingerprint density at radius 2 is 2.07 bits per heavy atom. The molecule has 0 radical (unpaired) electrons. The molecule has 1 aromatic rings. The van der Waals surface area contributed by atoms with Gasteiger partial charge in [-0.3, -0.25) is 0 Å². The Bertz CT molecular complexity index is 295. The van der Waals surface area contributed by atoms with Gasteiger partial charge in [0, 0.05) is 6.04 Å². The predicted octanol–water partition coefficient (Wildman–Crippen LogP) is 2.51. The summed E-state index contributed by atoms with van der Waals surface area (Å²) < 4.78 is 26.1. The molecule has 0 aliphatic heterocycles. The molecule has 0 saturated heterocycles. The molecule has 3 heteroatoms. The summed E-state index contributed by atoms with van der Waals surface area (Å²) in [5, 5.41) is 3.06. The molecule has 1 aromatic carbocycles. The highest BCUT2D eigenvalue weighted by atomic mass is 19.2. The van der Waals surface area contributed by atoms with Crippen LogP contribution in [0, 0.1) is 11.6 Å². The Morgan fingerprint density at radius 1 is 1.36 bits per heavy atom. The van der Waals surface area contributed by atoms with Crippen LogP contribution in [0.4, 0.5) is 8.78 Å². The zero-order valence-corrected chi connectivity index (χ0v) is 8.48. The Balaban J connectivity index is 2.80. The second-order valence-electron chi connectivity index (χ2n) is 3.31. The first-order valence-corrected chi connectivity index (χ1v) is 4.79. The number of halogens is 2. The molecule has 0 aliphatic rings. The molecule has 0 spiro atoms. The third-order valence-corrected chi connectivity index (χ3v) is 2.40. The maximum absolute atomic E-state index is 13.2. The average Bonchev–Trinajstić information content (AvgIpc) is 2.20. The Kier molecular flexibility index (Phi) is 4.01. The van der Waals surface area contributed by atoms with Crippen LogP contribution >= 0.6 is 0 Å². The maximum atomic E-state index is 13.2. The zero-order valence-electron chi connectivity index (χ0n) is 8.48. The van der Waals surface area contributed by atoms with Crippen LogP contribution in [0.25, 0.3) is 0 Å². The van der Waals surface area contributed by atoms with Gasteiger partial charge in [-0.15, -0.1) is 0 Å². The van der Waals surface area contributed by atoms with Crippen molar-refractivity contribution in [3.05, 3.63) is 35.4 Å². The number of rotatable bonds is 4. The van der Waals surface area contributed by atoms with Crippen molar-refractivity contribution in [2.75, 3.05) is 7.05 Å². The van der Waals surface area contributed by atoms with Gasteiger partial charge in [-0.25, -0.2) is 8.78 Å². The van der Waals surface area contributed by atoms with E-state index in [0.29, 0.717) is 12.0 Å². The van der Waals surface area contributed by atoms with Gasteiger partial charge in [0.15, 0.2) is 11.6 Å². The fourth-order valence-corrected chi connectivity index (χ4v) is 1.42. The van der Waals surface area contributed by atoms with Crippen molar-refractivity contribution in [3.63, 3.8) is 0 Å². The Labute approximate surface area is 83.1 Å². The van der Waals surface area contributed by atoms with Crippen molar-refractivity contribution in [3.8, 4) is 0 Å². The molecule has 78 valence electrons. The van der Waals surface area contributed by atoms with E-state index in [9.17, 15) is 8.78 Å². The molecule has 1 unspecified atom stereocenters. The van der Waals surface area contributed by atoms with Crippen LogP contribution in [0.1, 0.15) is 18.9 Å². The number of nitrogens with one attached hydrogen (secondary N) is 1. The highest BCUT2D eigenvalue weighted by Gasteiger charge is 2.11. The van der Waals surface area contributed by atoms with E-state index in [2.05, 4.69) is 5.32 Å². The van der Waals surface area contributed by atoms with Gasteiger partial charge in [-0.05, 0) is 31.5 Å². The highest BCUT2D eigenvalue weighted by molar-refractivity contribution is 5.19. The van der Waals surface area contributed by atoms with Crippen LogP contribution in [-0.4, -0.2) is 13.1 Å². The summed E-state index contributed by atoms with van der Waals surface area (Å²) in [4.78, 5) is 0. The van der Waals surface area contributed by atoms with Crippen LogP contribution in [0.5, 0.6) is 0 Å². The molecular weight excluding hydrogens is 184 g/mol. The van der Waals surface area contributed by atoms with Gasteiger partial charge < -0.3 is 5.32 Å². The molecular formula is C11H15F2N. The van der Waals surface area contributed by atoms with Gasteiger partial charge >= 0.3 is 0 Å². The first-order valence-electron chi connectivity index (χ1n) is 4.79. The standard InChI is InChI=1S/C11H15F2N/c1-3-9(14-2)7-8-5-4-6-10(12)11(8)13/h4-6,9,14H,3,7H2,1-2H3. The van der Waals surface area contributed by atoms with Crippen LogP contribution < -0.4 is 5.32 Å². The first-order chi connectivity index (χ1) is 6.69. The molecule has 0 bridgehead atoms. The number of likely N-dealkylation sites (N-methyl/N-ethyl adjacent to an activating group) is 1. The van der Waals surface area contributed by atoms with E-state index in [-0.39, 0.29) is 6.04 Å². The first kappa shape index (κ1) is 11.1. The van der Waals surface area contributed by atoms with E-state index in [0.717, 1.165) is 12.5 Å². The van der Waals surface area contributed by atoms with Gasteiger partial charge in [-0.2, -0.15) is 0 Å². The normalized spacial score (nSPS) is 12.9. The lowest BCUT2D eigenvalue weighted by Gasteiger charge is -2.14. The van der Waals surface area contributed by atoms with E-state index in [1.165, 1.54) is 6.07 Å². The molecule has 14 heavy (non-hydrogen) atoms. The number of hydrogen-bond donors (Lipinski definition) is 1. The molecule has 0 aromatic heterocycles. The van der Waals surface area contributed by atoms with Crippen LogP contribution in [0.15, 0.2) is 18.2 Å². The average molecular weight is 199 g/mol. The summed E-state index contributed by atoms with van der Waals surface area (Å²) in [5.74, 6) is -1.49. The quantitative estimate of drug-likeness (QED) is 0.785. The second-order valence-corrected chi connectivity index (χ2v) is 3.31. The third kappa shape index (κ3) is 2.51. The topological polar surface area (TPSA) is 12.0 Å². The van der Waals surface area contributed by atoms with Crippen molar-refractivity contribution in [2.24, 2.45) is 0 Å². The SMILES string of the molecule is CCC(Cc1cccc(F)c1F)NC. The zero-order chi connectivity index (χ0) is 10.6. The fourth-order valence-electron chi connectivity index (χ4n) is 1.42. The predicted molar refractivity (Wildman–Crippen MR) is 53.2 cm³/mol. The van der Waals surface area contributed by atoms with Crippen molar-refractivity contribution in [1.29, 1.82) is 0 Å². The molecule has 0 amide bonds. The largest absolute Gasteiger partial charge is 0.317 e. The maximum Gasteiger partial charge on any atom is 0.162 e. The summed E-state index contributed by atoms with van der Waals surface area (Å²) in [6, 6.07) is 4.50. The molecule has 0 heterocycles. The second kappa shape index (κ2) is 5.05. The monoisotopic (exact) mass is 199 g/mol. The van der Waals surface area contributed by atoms with Crippen LogP contribution in [-0.2, 0) is 6.42 Å². The number of hydrogen-bond acceptors (Lipinski definition) is 1. The lowest BCUT2D eigenvalue weighted by molar-refractivity contribution is 0.479. The minimum absolute atomic E-state index is 0.200. The van der Waals surface area contributed by atoms with Gasteiger partial charge in [0.05, 0.1) is 0 Å². The van der Waals surface area contributed by atoms with Crippen LogP contribution in [0.3, 0.4) is 0 Å². The van der Waals surface area contributed by atoms with Crippen molar-refractivity contribution in [1.82, 2.24) is 5.32 Å². The van der Waals surface area contributed by atoms with Gasteiger partial charge in [0.1, 0.15) is 0 Å². The third-order valence-electron chi connectivity index (χ3n) is 2.40. The summed E-state index contributed by atoms with van der Waals surface area (Å²) in [6.45, 7) is 2.01. The van der Waals surface area contributed by atoms with E-state index in [1.807, 2.05) is 14.0 Å². The Hall–Kier alpha value is -0.960. The van der Waals surface area contributed by atoms with E-state index in [4.69, 9.17) is 0 Å². The molecule has 1 N–H and O–H groups in total. The van der Waals surface area contributed by atoms with Gasteiger partial charge in [0.25, 0.3) is 0 Å².